The molecule has 134 valence electrons. The summed E-state index contributed by atoms with van der Waals surface area (Å²) in [6.45, 7) is 8.19. The molecule has 0 spiro atoms. The third-order valence-corrected chi connectivity index (χ3v) is 4.49. The molecule has 0 saturated carbocycles. The number of benzene rings is 1. The molecule has 1 aliphatic heterocycles. The largest absolute Gasteiger partial charge is 0.491 e. The van der Waals surface area contributed by atoms with Crippen molar-refractivity contribution in [3.63, 3.8) is 0 Å². The molecule has 1 saturated heterocycles. The molecule has 0 radical (unpaired) electrons. The molecule has 1 heterocycles. The quantitative estimate of drug-likeness (QED) is 0.828. The number of β-amino-alcohol motifs (C(OH)–C–C–N with tert-alkyl or cyclic N) is 1. The standard InChI is InChI=1S/C19H30N2O3/c1-3-16-6-8-18(9-7-16)24-15-17(22)14-20-10-5-11-21(13-12-20)19(23)4-2/h6-9,17,22H,3-5,10-15H2,1-2H3. The Morgan fingerprint density at radius 1 is 1.17 bits per heavy atom. The molecule has 1 amide bonds. The molecule has 2 rings (SSSR count). The lowest BCUT2D eigenvalue weighted by atomic mass is 10.2. The number of rotatable bonds is 7. The van der Waals surface area contributed by atoms with Crippen LogP contribution in [0, 0.1) is 0 Å². The van der Waals surface area contributed by atoms with Crippen molar-refractivity contribution in [1.29, 1.82) is 0 Å². The first-order valence-electron chi connectivity index (χ1n) is 9.02. The van der Waals surface area contributed by atoms with E-state index in [1.54, 1.807) is 0 Å². The topological polar surface area (TPSA) is 53.0 Å². The number of carbonyl (C=O) groups excluding carboxylic acids is 1. The highest BCUT2D eigenvalue weighted by Gasteiger charge is 2.19. The number of hydrogen-bond acceptors (Lipinski definition) is 4. The summed E-state index contributed by atoms with van der Waals surface area (Å²) < 4.78 is 5.68. The Morgan fingerprint density at radius 2 is 1.92 bits per heavy atom. The van der Waals surface area contributed by atoms with E-state index in [0.717, 1.165) is 44.8 Å². The molecular formula is C19H30N2O3. The lowest BCUT2D eigenvalue weighted by molar-refractivity contribution is -0.130. The Labute approximate surface area is 145 Å². The zero-order valence-electron chi connectivity index (χ0n) is 14.9. The van der Waals surface area contributed by atoms with E-state index in [1.165, 1.54) is 5.56 Å². The molecule has 1 N–H and O–H groups in total. The zero-order chi connectivity index (χ0) is 17.4. The van der Waals surface area contributed by atoms with E-state index in [1.807, 2.05) is 24.0 Å². The maximum absolute atomic E-state index is 11.8. The Morgan fingerprint density at radius 3 is 2.58 bits per heavy atom. The van der Waals surface area contributed by atoms with Crippen LogP contribution in [0.15, 0.2) is 24.3 Å². The van der Waals surface area contributed by atoms with Gasteiger partial charge >= 0.3 is 0 Å². The van der Waals surface area contributed by atoms with Crippen molar-refractivity contribution < 1.29 is 14.6 Å². The van der Waals surface area contributed by atoms with Crippen molar-refractivity contribution in [2.45, 2.75) is 39.2 Å². The highest BCUT2D eigenvalue weighted by atomic mass is 16.5. The third kappa shape index (κ3) is 5.80. The monoisotopic (exact) mass is 334 g/mol. The highest BCUT2D eigenvalue weighted by Crippen LogP contribution is 2.13. The average molecular weight is 334 g/mol. The van der Waals surface area contributed by atoms with E-state index >= 15 is 0 Å². The minimum atomic E-state index is -0.524. The Bertz CT molecular complexity index is 504. The summed E-state index contributed by atoms with van der Waals surface area (Å²) in [5.74, 6) is 1.01. The van der Waals surface area contributed by atoms with Gasteiger partial charge in [0, 0.05) is 32.6 Å². The van der Waals surface area contributed by atoms with Crippen LogP contribution < -0.4 is 4.74 Å². The van der Waals surface area contributed by atoms with Crippen LogP contribution in [-0.2, 0) is 11.2 Å². The SMILES string of the molecule is CCC(=O)N1CCCN(CC(O)COc2ccc(CC)cc2)CC1. The van der Waals surface area contributed by atoms with Crippen LogP contribution in [-0.4, -0.2) is 66.2 Å². The van der Waals surface area contributed by atoms with Crippen molar-refractivity contribution in [3.05, 3.63) is 29.8 Å². The fraction of sp³-hybridized carbons (Fsp3) is 0.632. The van der Waals surface area contributed by atoms with Crippen LogP contribution in [0.25, 0.3) is 0 Å². The van der Waals surface area contributed by atoms with Gasteiger partial charge in [0.15, 0.2) is 0 Å². The van der Waals surface area contributed by atoms with Gasteiger partial charge in [-0.3, -0.25) is 9.69 Å². The van der Waals surface area contributed by atoms with Gasteiger partial charge in [-0.15, -0.1) is 0 Å². The Balaban J connectivity index is 1.73. The predicted octanol–water partition coefficient (Wildman–Crippen LogP) is 1.93. The van der Waals surface area contributed by atoms with Gasteiger partial charge in [-0.2, -0.15) is 0 Å². The van der Waals surface area contributed by atoms with Gasteiger partial charge in [-0.1, -0.05) is 26.0 Å². The number of carbonyl (C=O) groups is 1. The second kappa shape index (κ2) is 9.64. The fourth-order valence-corrected chi connectivity index (χ4v) is 2.99. The minimum Gasteiger partial charge on any atom is -0.491 e. The van der Waals surface area contributed by atoms with Crippen molar-refractivity contribution in [3.8, 4) is 5.75 Å². The fourth-order valence-electron chi connectivity index (χ4n) is 2.99. The lowest BCUT2D eigenvalue weighted by Gasteiger charge is -2.24. The number of aryl methyl sites for hydroxylation is 1. The van der Waals surface area contributed by atoms with E-state index in [0.29, 0.717) is 19.6 Å². The first-order chi connectivity index (χ1) is 11.6. The van der Waals surface area contributed by atoms with Crippen molar-refractivity contribution in [2.24, 2.45) is 0 Å². The van der Waals surface area contributed by atoms with Crippen molar-refractivity contribution in [1.82, 2.24) is 9.80 Å². The molecule has 1 fully saturated rings. The number of aliphatic hydroxyl groups is 1. The maximum atomic E-state index is 11.8. The minimum absolute atomic E-state index is 0.219. The Hall–Kier alpha value is -1.59. The first-order valence-corrected chi connectivity index (χ1v) is 9.02. The van der Waals surface area contributed by atoms with Gasteiger partial charge in [0.1, 0.15) is 18.5 Å². The maximum Gasteiger partial charge on any atom is 0.222 e. The molecule has 5 heteroatoms. The Kier molecular flexibility index (Phi) is 7.53. The number of aliphatic hydroxyl groups excluding tert-OH is 1. The first kappa shape index (κ1) is 18.7. The van der Waals surface area contributed by atoms with Crippen LogP contribution in [0.1, 0.15) is 32.3 Å². The second-order valence-electron chi connectivity index (χ2n) is 6.35. The summed E-state index contributed by atoms with van der Waals surface area (Å²) in [6, 6.07) is 8.00. The van der Waals surface area contributed by atoms with Crippen molar-refractivity contribution in [2.75, 3.05) is 39.3 Å². The van der Waals surface area contributed by atoms with E-state index in [-0.39, 0.29) is 5.91 Å². The summed E-state index contributed by atoms with van der Waals surface area (Å²) in [6.07, 6.45) is 2.00. The number of hydrogen-bond donors (Lipinski definition) is 1. The van der Waals surface area contributed by atoms with Gasteiger partial charge in [-0.05, 0) is 37.1 Å². The molecule has 0 aromatic heterocycles. The average Bonchev–Trinajstić information content (AvgIpc) is 2.85. The van der Waals surface area contributed by atoms with Gasteiger partial charge in [-0.25, -0.2) is 0 Å². The normalized spacial score (nSPS) is 17.4. The van der Waals surface area contributed by atoms with Gasteiger partial charge in [0.25, 0.3) is 0 Å². The van der Waals surface area contributed by atoms with E-state index < -0.39 is 6.10 Å². The van der Waals surface area contributed by atoms with Crippen LogP contribution in [0.3, 0.4) is 0 Å². The summed E-state index contributed by atoms with van der Waals surface area (Å²) in [7, 11) is 0. The molecular weight excluding hydrogens is 304 g/mol. The summed E-state index contributed by atoms with van der Waals surface area (Å²) in [5.41, 5.74) is 1.28. The predicted molar refractivity (Wildman–Crippen MR) is 95.2 cm³/mol. The van der Waals surface area contributed by atoms with E-state index in [4.69, 9.17) is 4.74 Å². The molecule has 1 unspecified atom stereocenters. The smallest absolute Gasteiger partial charge is 0.222 e. The molecule has 1 aromatic rings. The lowest BCUT2D eigenvalue weighted by Crippen LogP contribution is -2.39. The van der Waals surface area contributed by atoms with Crippen LogP contribution in [0.4, 0.5) is 0 Å². The van der Waals surface area contributed by atoms with Gasteiger partial charge in [0.05, 0.1) is 0 Å². The summed E-state index contributed by atoms with van der Waals surface area (Å²) >= 11 is 0. The second-order valence-corrected chi connectivity index (χ2v) is 6.35. The number of nitrogens with zero attached hydrogens (tertiary/aromatic N) is 2. The zero-order valence-corrected chi connectivity index (χ0v) is 14.9. The number of amides is 1. The third-order valence-electron chi connectivity index (χ3n) is 4.49. The molecule has 0 bridgehead atoms. The van der Waals surface area contributed by atoms with E-state index in [2.05, 4.69) is 24.0 Å². The molecule has 1 aromatic carbocycles. The molecule has 24 heavy (non-hydrogen) atoms. The van der Waals surface area contributed by atoms with Crippen LogP contribution >= 0.6 is 0 Å². The summed E-state index contributed by atoms with van der Waals surface area (Å²) in [4.78, 5) is 15.9. The highest BCUT2D eigenvalue weighted by molar-refractivity contribution is 5.75. The molecule has 1 aliphatic rings. The van der Waals surface area contributed by atoms with Crippen LogP contribution in [0.2, 0.25) is 0 Å². The van der Waals surface area contributed by atoms with Gasteiger partial charge in [0.2, 0.25) is 5.91 Å². The molecule has 0 aliphatic carbocycles. The summed E-state index contributed by atoms with van der Waals surface area (Å²) in [5, 5.41) is 10.2. The van der Waals surface area contributed by atoms with Crippen LogP contribution in [0.5, 0.6) is 5.75 Å². The molecule has 5 nitrogen and oxygen atoms in total. The number of ether oxygens (including phenoxy) is 1. The van der Waals surface area contributed by atoms with E-state index in [9.17, 15) is 9.90 Å². The van der Waals surface area contributed by atoms with Gasteiger partial charge < -0.3 is 14.7 Å². The van der Waals surface area contributed by atoms with Crippen molar-refractivity contribution >= 4 is 5.91 Å². The molecule has 1 atom stereocenters.